The van der Waals surface area contributed by atoms with Gasteiger partial charge in [0.25, 0.3) is 0 Å². The number of hydrogen-bond acceptors (Lipinski definition) is 4. The molecular formula is C15H20N2S2. The van der Waals surface area contributed by atoms with Gasteiger partial charge < -0.3 is 5.32 Å². The van der Waals surface area contributed by atoms with Gasteiger partial charge in [0.15, 0.2) is 0 Å². The summed E-state index contributed by atoms with van der Waals surface area (Å²) in [5, 5.41) is 3.57. The molecule has 2 nitrogen and oxygen atoms in total. The van der Waals surface area contributed by atoms with E-state index in [4.69, 9.17) is 0 Å². The third-order valence-corrected chi connectivity index (χ3v) is 5.10. The molecule has 0 spiro atoms. The Morgan fingerprint density at radius 3 is 2.89 bits per heavy atom. The van der Waals surface area contributed by atoms with Crippen molar-refractivity contribution >= 4 is 23.1 Å². The van der Waals surface area contributed by atoms with Gasteiger partial charge in [0.2, 0.25) is 0 Å². The maximum Gasteiger partial charge on any atom is 0.0794 e. The van der Waals surface area contributed by atoms with Gasteiger partial charge in [-0.05, 0) is 31.5 Å². The molecule has 0 aliphatic rings. The standard InChI is InChI=1S/C15H20N2S2/c1-3-17-13(8-14-9-16-11-19-14)10-18-15-7-5-4-6-12(15)2/h4-7,9,11,13,17H,3,8,10H2,1-2H3. The molecule has 2 rings (SSSR count). The van der Waals surface area contributed by atoms with E-state index in [1.807, 2.05) is 23.5 Å². The lowest BCUT2D eigenvalue weighted by atomic mass is 10.2. The number of benzene rings is 1. The first kappa shape index (κ1) is 14.6. The maximum atomic E-state index is 4.15. The van der Waals surface area contributed by atoms with Gasteiger partial charge in [-0.3, -0.25) is 4.98 Å². The van der Waals surface area contributed by atoms with Crippen LogP contribution in [0.1, 0.15) is 17.4 Å². The highest BCUT2D eigenvalue weighted by Crippen LogP contribution is 2.23. The summed E-state index contributed by atoms with van der Waals surface area (Å²) in [4.78, 5) is 6.89. The monoisotopic (exact) mass is 292 g/mol. The van der Waals surface area contributed by atoms with E-state index in [9.17, 15) is 0 Å². The molecule has 19 heavy (non-hydrogen) atoms. The lowest BCUT2D eigenvalue weighted by Gasteiger charge is -2.17. The van der Waals surface area contributed by atoms with Crippen molar-refractivity contribution in [3.05, 3.63) is 46.4 Å². The van der Waals surface area contributed by atoms with Crippen LogP contribution in [-0.2, 0) is 6.42 Å². The molecule has 1 atom stereocenters. The average molecular weight is 292 g/mol. The Labute approximate surface area is 123 Å². The maximum absolute atomic E-state index is 4.15. The molecule has 1 N–H and O–H groups in total. The smallest absolute Gasteiger partial charge is 0.0794 e. The molecule has 0 saturated heterocycles. The van der Waals surface area contributed by atoms with Crippen molar-refractivity contribution in [3.8, 4) is 0 Å². The van der Waals surface area contributed by atoms with Crippen LogP contribution in [0.5, 0.6) is 0 Å². The molecule has 1 unspecified atom stereocenters. The second-order valence-electron chi connectivity index (χ2n) is 4.50. The van der Waals surface area contributed by atoms with E-state index in [2.05, 4.69) is 48.4 Å². The first-order chi connectivity index (χ1) is 9.29. The third-order valence-electron chi connectivity index (χ3n) is 2.96. The van der Waals surface area contributed by atoms with E-state index >= 15 is 0 Å². The lowest BCUT2D eigenvalue weighted by molar-refractivity contribution is 0.576. The first-order valence-corrected chi connectivity index (χ1v) is 8.45. The number of nitrogens with one attached hydrogen (secondary N) is 1. The van der Waals surface area contributed by atoms with E-state index in [0.717, 1.165) is 18.7 Å². The summed E-state index contributed by atoms with van der Waals surface area (Å²) in [7, 11) is 0. The van der Waals surface area contributed by atoms with Gasteiger partial charge in [-0.15, -0.1) is 23.1 Å². The molecule has 0 bridgehead atoms. The molecule has 0 aliphatic carbocycles. The molecule has 1 heterocycles. The fraction of sp³-hybridized carbons (Fsp3) is 0.400. The number of aromatic nitrogens is 1. The summed E-state index contributed by atoms with van der Waals surface area (Å²) in [6, 6.07) is 9.10. The Hall–Kier alpha value is -0.840. The second kappa shape index (κ2) is 7.68. The molecule has 0 amide bonds. The van der Waals surface area contributed by atoms with Crippen molar-refractivity contribution in [2.24, 2.45) is 0 Å². The topological polar surface area (TPSA) is 24.9 Å². The minimum Gasteiger partial charge on any atom is -0.313 e. The largest absolute Gasteiger partial charge is 0.313 e. The van der Waals surface area contributed by atoms with Crippen molar-refractivity contribution in [1.29, 1.82) is 0 Å². The fourth-order valence-electron chi connectivity index (χ4n) is 1.97. The van der Waals surface area contributed by atoms with Crippen molar-refractivity contribution < 1.29 is 0 Å². The van der Waals surface area contributed by atoms with Gasteiger partial charge >= 0.3 is 0 Å². The molecule has 1 aromatic heterocycles. The molecule has 102 valence electrons. The quantitative estimate of drug-likeness (QED) is 0.786. The van der Waals surface area contributed by atoms with Crippen LogP contribution < -0.4 is 5.32 Å². The van der Waals surface area contributed by atoms with Crippen LogP contribution >= 0.6 is 23.1 Å². The number of thioether (sulfide) groups is 1. The van der Waals surface area contributed by atoms with E-state index in [0.29, 0.717) is 6.04 Å². The SMILES string of the molecule is CCNC(CSc1ccccc1C)Cc1cncs1. The number of hydrogen-bond donors (Lipinski definition) is 1. The van der Waals surface area contributed by atoms with Crippen LogP contribution in [0, 0.1) is 6.92 Å². The zero-order valence-electron chi connectivity index (χ0n) is 11.4. The zero-order valence-corrected chi connectivity index (χ0v) is 13.1. The van der Waals surface area contributed by atoms with Crippen LogP contribution in [0.4, 0.5) is 0 Å². The van der Waals surface area contributed by atoms with Crippen molar-refractivity contribution in [3.63, 3.8) is 0 Å². The summed E-state index contributed by atoms with van der Waals surface area (Å²) in [6.07, 6.45) is 3.05. The predicted octanol–water partition coefficient (Wildman–Crippen LogP) is 3.76. The molecule has 4 heteroatoms. The van der Waals surface area contributed by atoms with Crippen LogP contribution in [0.2, 0.25) is 0 Å². The van der Waals surface area contributed by atoms with Crippen molar-refractivity contribution in [1.82, 2.24) is 10.3 Å². The van der Waals surface area contributed by atoms with Crippen molar-refractivity contribution in [2.75, 3.05) is 12.3 Å². The van der Waals surface area contributed by atoms with Gasteiger partial charge in [-0.1, -0.05) is 25.1 Å². The molecule has 0 radical (unpaired) electrons. The highest BCUT2D eigenvalue weighted by atomic mass is 32.2. The first-order valence-electron chi connectivity index (χ1n) is 6.58. The molecular weight excluding hydrogens is 272 g/mol. The highest BCUT2D eigenvalue weighted by molar-refractivity contribution is 7.99. The minimum atomic E-state index is 0.509. The van der Waals surface area contributed by atoms with Crippen LogP contribution in [0.25, 0.3) is 0 Å². The summed E-state index contributed by atoms with van der Waals surface area (Å²) < 4.78 is 0. The minimum absolute atomic E-state index is 0.509. The zero-order chi connectivity index (χ0) is 13.5. The summed E-state index contributed by atoms with van der Waals surface area (Å²) in [5.74, 6) is 1.09. The van der Waals surface area contributed by atoms with Gasteiger partial charge in [0.1, 0.15) is 0 Å². The van der Waals surface area contributed by atoms with Crippen LogP contribution in [0.15, 0.2) is 40.9 Å². The summed E-state index contributed by atoms with van der Waals surface area (Å²) in [5.41, 5.74) is 3.27. The molecule has 1 aromatic carbocycles. The number of nitrogens with zero attached hydrogens (tertiary/aromatic N) is 1. The molecule has 2 aromatic rings. The normalized spacial score (nSPS) is 12.5. The van der Waals surface area contributed by atoms with E-state index in [1.54, 1.807) is 11.3 Å². The van der Waals surface area contributed by atoms with Gasteiger partial charge in [0.05, 0.1) is 5.51 Å². The molecule has 0 fully saturated rings. The summed E-state index contributed by atoms with van der Waals surface area (Å²) in [6.45, 7) is 5.35. The van der Waals surface area contributed by atoms with Crippen LogP contribution in [0.3, 0.4) is 0 Å². The van der Waals surface area contributed by atoms with Crippen LogP contribution in [-0.4, -0.2) is 23.3 Å². The highest BCUT2D eigenvalue weighted by Gasteiger charge is 2.10. The van der Waals surface area contributed by atoms with Gasteiger partial charge in [-0.2, -0.15) is 0 Å². The number of likely N-dealkylation sites (N-methyl/N-ethyl adjacent to an activating group) is 1. The second-order valence-corrected chi connectivity index (χ2v) is 6.54. The fourth-order valence-corrected chi connectivity index (χ4v) is 3.74. The summed E-state index contributed by atoms with van der Waals surface area (Å²) >= 11 is 3.68. The number of thiazole rings is 1. The molecule has 0 aliphatic heterocycles. The average Bonchev–Trinajstić information content (AvgIpc) is 2.91. The predicted molar refractivity (Wildman–Crippen MR) is 85.2 cm³/mol. The number of rotatable bonds is 7. The Balaban J connectivity index is 1.91. The van der Waals surface area contributed by atoms with E-state index in [-0.39, 0.29) is 0 Å². The Kier molecular flexibility index (Phi) is 5.89. The third kappa shape index (κ3) is 4.64. The van der Waals surface area contributed by atoms with E-state index in [1.165, 1.54) is 15.3 Å². The molecule has 0 saturated carbocycles. The van der Waals surface area contributed by atoms with E-state index < -0.39 is 0 Å². The Bertz CT molecular complexity index is 483. The van der Waals surface area contributed by atoms with Gasteiger partial charge in [0, 0.05) is 27.8 Å². The van der Waals surface area contributed by atoms with Gasteiger partial charge in [-0.25, -0.2) is 0 Å². The number of aryl methyl sites for hydroxylation is 1. The lowest BCUT2D eigenvalue weighted by Crippen LogP contribution is -2.33. The Morgan fingerprint density at radius 2 is 2.21 bits per heavy atom. The Morgan fingerprint density at radius 1 is 1.37 bits per heavy atom. The van der Waals surface area contributed by atoms with Crippen molar-refractivity contribution in [2.45, 2.75) is 31.2 Å².